The molecule has 0 spiro atoms. The van der Waals surface area contributed by atoms with E-state index in [4.69, 9.17) is 4.98 Å². The molecule has 0 radical (unpaired) electrons. The molecule has 0 unspecified atom stereocenters. The highest BCUT2D eigenvalue weighted by Crippen LogP contribution is 2.27. The molecule has 0 bridgehead atoms. The number of carbonyl (C=O) groups is 1. The molecular weight excluding hydrogens is 354 g/mol. The van der Waals surface area contributed by atoms with Crippen molar-refractivity contribution >= 4 is 28.7 Å². The van der Waals surface area contributed by atoms with Gasteiger partial charge in [0.2, 0.25) is 5.91 Å². The van der Waals surface area contributed by atoms with Gasteiger partial charge < -0.3 is 9.88 Å². The van der Waals surface area contributed by atoms with E-state index in [-0.39, 0.29) is 17.2 Å². The summed E-state index contributed by atoms with van der Waals surface area (Å²) in [5.41, 5.74) is 3.40. The maximum Gasteiger partial charge on any atom is 0.233 e. The van der Waals surface area contributed by atoms with Crippen LogP contribution >= 0.6 is 11.8 Å². The van der Waals surface area contributed by atoms with Gasteiger partial charge in [-0.25, -0.2) is 4.98 Å². The van der Waals surface area contributed by atoms with Crippen molar-refractivity contribution in [2.24, 2.45) is 0 Å². The summed E-state index contributed by atoms with van der Waals surface area (Å²) in [6, 6.07) is 18.6. The molecule has 4 nitrogen and oxygen atoms in total. The first-order valence-corrected chi connectivity index (χ1v) is 10.4. The van der Waals surface area contributed by atoms with E-state index in [1.165, 1.54) is 17.3 Å². The highest BCUT2D eigenvalue weighted by Gasteiger charge is 2.20. The van der Waals surface area contributed by atoms with Crippen molar-refractivity contribution < 1.29 is 4.79 Å². The van der Waals surface area contributed by atoms with E-state index >= 15 is 0 Å². The van der Waals surface area contributed by atoms with E-state index in [9.17, 15) is 4.79 Å². The number of carbonyl (C=O) groups excluding carboxylic acids is 1. The molecule has 0 aliphatic rings. The molecule has 1 N–H and O–H groups in total. The fraction of sp³-hybridized carbons (Fsp3) is 0.364. The van der Waals surface area contributed by atoms with Crippen LogP contribution in [0, 0.1) is 0 Å². The van der Waals surface area contributed by atoms with Crippen LogP contribution in [0.2, 0.25) is 0 Å². The minimum atomic E-state index is -0.189. The summed E-state index contributed by atoms with van der Waals surface area (Å²) in [4.78, 5) is 17.3. The number of hydrogen-bond donors (Lipinski definition) is 1. The third-order valence-corrected chi connectivity index (χ3v) is 5.77. The van der Waals surface area contributed by atoms with Gasteiger partial charge in [0.05, 0.1) is 16.3 Å². The number of thioether (sulfide) groups is 1. The third-order valence-electron chi connectivity index (χ3n) is 4.68. The van der Waals surface area contributed by atoms with Crippen LogP contribution in [0.4, 0.5) is 0 Å². The van der Waals surface area contributed by atoms with Crippen molar-refractivity contribution in [3.8, 4) is 0 Å². The minimum Gasteiger partial charge on any atom is -0.353 e. The Morgan fingerprint density at radius 2 is 1.81 bits per heavy atom. The Hall–Kier alpha value is -2.27. The van der Waals surface area contributed by atoms with Crippen LogP contribution in [0.3, 0.4) is 0 Å². The number of rotatable bonds is 8. The normalized spacial score (nSPS) is 13.4. The second kappa shape index (κ2) is 9.09. The van der Waals surface area contributed by atoms with Gasteiger partial charge in [0, 0.05) is 12.6 Å². The lowest BCUT2D eigenvalue weighted by atomic mass is 10.1. The molecule has 5 heteroatoms. The Morgan fingerprint density at radius 3 is 2.56 bits per heavy atom. The van der Waals surface area contributed by atoms with Crippen molar-refractivity contribution in [1.29, 1.82) is 0 Å². The summed E-state index contributed by atoms with van der Waals surface area (Å²) in [7, 11) is 0. The van der Waals surface area contributed by atoms with Crippen molar-refractivity contribution in [2.75, 3.05) is 0 Å². The first kappa shape index (κ1) is 19.5. The Balaban J connectivity index is 1.57. The van der Waals surface area contributed by atoms with Gasteiger partial charge in [0.15, 0.2) is 5.16 Å². The highest BCUT2D eigenvalue weighted by atomic mass is 32.2. The van der Waals surface area contributed by atoms with E-state index in [1.54, 1.807) is 0 Å². The zero-order valence-corrected chi connectivity index (χ0v) is 17.0. The molecule has 1 amide bonds. The molecule has 0 aliphatic heterocycles. The molecule has 0 fully saturated rings. The van der Waals surface area contributed by atoms with E-state index < -0.39 is 0 Å². The van der Waals surface area contributed by atoms with Gasteiger partial charge in [-0.2, -0.15) is 0 Å². The molecular formula is C22H27N3OS. The fourth-order valence-corrected chi connectivity index (χ4v) is 4.12. The predicted molar refractivity (Wildman–Crippen MR) is 113 cm³/mol. The largest absolute Gasteiger partial charge is 0.353 e. The summed E-state index contributed by atoms with van der Waals surface area (Å²) in [6.45, 7) is 6.96. The first-order chi connectivity index (χ1) is 13.1. The molecule has 142 valence electrons. The monoisotopic (exact) mass is 381 g/mol. The quantitative estimate of drug-likeness (QED) is 0.577. The predicted octanol–water partition coefficient (Wildman–Crippen LogP) is 4.67. The molecule has 3 aromatic rings. The molecule has 2 atom stereocenters. The second-order valence-electron chi connectivity index (χ2n) is 6.82. The molecule has 1 aromatic heterocycles. The van der Waals surface area contributed by atoms with Crippen LogP contribution in [-0.2, 0) is 17.8 Å². The molecule has 0 aliphatic carbocycles. The van der Waals surface area contributed by atoms with Crippen molar-refractivity contribution in [1.82, 2.24) is 14.9 Å². The highest BCUT2D eigenvalue weighted by molar-refractivity contribution is 8.00. The summed E-state index contributed by atoms with van der Waals surface area (Å²) in [5.74, 6) is 0.0651. The van der Waals surface area contributed by atoms with Gasteiger partial charge in [-0.05, 0) is 51.3 Å². The molecule has 27 heavy (non-hydrogen) atoms. The molecule has 3 rings (SSSR count). The summed E-state index contributed by atoms with van der Waals surface area (Å²) in [6.07, 6.45) is 1.90. The Morgan fingerprint density at radius 1 is 1.11 bits per heavy atom. The average Bonchev–Trinajstić information content (AvgIpc) is 3.04. The number of nitrogens with zero attached hydrogens (tertiary/aromatic N) is 2. The van der Waals surface area contributed by atoms with E-state index in [0.717, 1.165) is 35.6 Å². The van der Waals surface area contributed by atoms with E-state index in [0.29, 0.717) is 0 Å². The number of fused-ring (bicyclic) bond motifs is 1. The number of imidazole rings is 1. The molecule has 2 aromatic carbocycles. The summed E-state index contributed by atoms with van der Waals surface area (Å²) >= 11 is 1.52. The zero-order chi connectivity index (χ0) is 19.2. The number of hydrogen-bond acceptors (Lipinski definition) is 3. The van der Waals surface area contributed by atoms with Crippen molar-refractivity contribution in [3.05, 3.63) is 60.2 Å². The van der Waals surface area contributed by atoms with Crippen LogP contribution in [0.5, 0.6) is 0 Å². The lowest BCUT2D eigenvalue weighted by Crippen LogP contribution is -2.38. The fourth-order valence-electron chi connectivity index (χ4n) is 3.12. The minimum absolute atomic E-state index is 0.0651. The maximum absolute atomic E-state index is 12.6. The lowest BCUT2D eigenvalue weighted by molar-refractivity contribution is -0.120. The third kappa shape index (κ3) is 4.92. The van der Waals surface area contributed by atoms with Gasteiger partial charge in [0.1, 0.15) is 0 Å². The number of aryl methyl sites for hydroxylation is 2. The van der Waals surface area contributed by atoms with Crippen LogP contribution < -0.4 is 5.32 Å². The van der Waals surface area contributed by atoms with Gasteiger partial charge in [-0.3, -0.25) is 4.79 Å². The van der Waals surface area contributed by atoms with Crippen LogP contribution in [0.15, 0.2) is 59.8 Å². The number of amides is 1. The molecule has 0 saturated heterocycles. The van der Waals surface area contributed by atoms with Crippen LogP contribution in [-0.4, -0.2) is 26.8 Å². The Bertz CT molecular complexity index is 891. The van der Waals surface area contributed by atoms with E-state index in [1.807, 2.05) is 31.2 Å². The van der Waals surface area contributed by atoms with Crippen molar-refractivity contribution in [3.63, 3.8) is 0 Å². The van der Waals surface area contributed by atoms with Crippen LogP contribution in [0.1, 0.15) is 32.8 Å². The standard InChI is InChI=1S/C22H27N3OS/c1-4-25-20-13-9-8-12-19(20)24-22(25)27-17(3)21(26)23-16(2)14-15-18-10-6-5-7-11-18/h5-13,16-17H,4,14-15H2,1-3H3,(H,23,26)/t16-,17-/m0/s1. The molecule has 0 saturated carbocycles. The van der Waals surface area contributed by atoms with Gasteiger partial charge >= 0.3 is 0 Å². The Labute approximate surface area is 165 Å². The smallest absolute Gasteiger partial charge is 0.233 e. The maximum atomic E-state index is 12.6. The topological polar surface area (TPSA) is 46.9 Å². The SMILES string of the molecule is CCn1c(S[C@@H](C)C(=O)N[C@@H](C)CCc2ccccc2)nc2ccccc21. The number of nitrogens with one attached hydrogen (secondary N) is 1. The number of benzene rings is 2. The van der Waals surface area contributed by atoms with E-state index in [2.05, 4.69) is 54.1 Å². The number of aromatic nitrogens is 2. The summed E-state index contributed by atoms with van der Waals surface area (Å²) < 4.78 is 2.17. The average molecular weight is 382 g/mol. The lowest BCUT2D eigenvalue weighted by Gasteiger charge is -2.17. The zero-order valence-electron chi connectivity index (χ0n) is 16.2. The molecule has 1 heterocycles. The second-order valence-corrected chi connectivity index (χ2v) is 8.13. The van der Waals surface area contributed by atoms with Gasteiger partial charge in [-0.1, -0.05) is 54.2 Å². The first-order valence-electron chi connectivity index (χ1n) is 9.54. The van der Waals surface area contributed by atoms with Gasteiger partial charge in [0.25, 0.3) is 0 Å². The summed E-state index contributed by atoms with van der Waals surface area (Å²) in [5, 5.41) is 3.86. The van der Waals surface area contributed by atoms with Crippen LogP contribution in [0.25, 0.3) is 11.0 Å². The van der Waals surface area contributed by atoms with Gasteiger partial charge in [-0.15, -0.1) is 0 Å². The number of para-hydroxylation sites is 2. The Kier molecular flexibility index (Phi) is 6.56. The van der Waals surface area contributed by atoms with Crippen molar-refractivity contribution in [2.45, 2.75) is 56.6 Å².